The van der Waals surface area contributed by atoms with Crippen molar-refractivity contribution >= 4 is 16.3 Å². The average molecular weight is 212 g/mol. The first kappa shape index (κ1) is 12.1. The van der Waals surface area contributed by atoms with Gasteiger partial charge in [-0.2, -0.15) is 13.1 Å². The van der Waals surface area contributed by atoms with E-state index in [0.29, 0.717) is 0 Å². The normalized spacial score (nSPS) is 13.5. The highest BCUT2D eigenvalue weighted by Gasteiger charge is 2.16. The van der Waals surface area contributed by atoms with Gasteiger partial charge < -0.3 is 9.84 Å². The minimum absolute atomic E-state index is 0.359. The summed E-state index contributed by atoms with van der Waals surface area (Å²) >= 11 is 0. The summed E-state index contributed by atoms with van der Waals surface area (Å²) in [5, 5.41) is 8.52. The second-order valence-electron chi connectivity index (χ2n) is 2.30. The Morgan fingerprint density at radius 3 is 2.54 bits per heavy atom. The minimum Gasteiger partial charge on any atom is -0.452 e. The molecule has 3 N–H and O–H groups in total. The first-order chi connectivity index (χ1) is 5.91. The molecule has 0 radical (unpaired) electrons. The Labute approximate surface area is 76.3 Å². The summed E-state index contributed by atoms with van der Waals surface area (Å²) in [5.41, 5.74) is 0. The maximum Gasteiger partial charge on any atom is 0.421 e. The molecular weight excluding hydrogens is 200 g/mol. The largest absolute Gasteiger partial charge is 0.452 e. The van der Waals surface area contributed by atoms with Crippen molar-refractivity contribution < 1.29 is 23.1 Å². The van der Waals surface area contributed by atoms with Crippen LogP contribution in [0.25, 0.3) is 0 Å². The molecule has 1 amide bonds. The highest BCUT2D eigenvalue weighted by molar-refractivity contribution is 7.88. The summed E-state index contributed by atoms with van der Waals surface area (Å²) < 4.78 is 29.5. The zero-order chi connectivity index (χ0) is 10.5. The second kappa shape index (κ2) is 5.00. The Bertz CT molecular complexity index is 262. The molecule has 0 spiro atoms. The van der Waals surface area contributed by atoms with E-state index in [4.69, 9.17) is 5.11 Å². The van der Waals surface area contributed by atoms with E-state index in [2.05, 4.69) is 4.74 Å². The predicted octanol–water partition coefficient (Wildman–Crippen LogP) is -1.44. The van der Waals surface area contributed by atoms with Gasteiger partial charge in [0.15, 0.2) is 0 Å². The molecule has 1 unspecified atom stereocenters. The average Bonchev–Trinajstić information content (AvgIpc) is 2.02. The van der Waals surface area contributed by atoms with Gasteiger partial charge in [0.2, 0.25) is 0 Å². The smallest absolute Gasteiger partial charge is 0.421 e. The fraction of sp³-hybridized carbons (Fsp3) is 0.800. The highest BCUT2D eigenvalue weighted by atomic mass is 32.2. The standard InChI is InChI=1S/C5H12N2O5S/c1-4(3-8)6-13(10,11)7-5(9)12-2/h4,6,8H,3H2,1-2H3,(H,7,9). The Morgan fingerprint density at radius 1 is 1.62 bits per heavy atom. The maximum absolute atomic E-state index is 10.9. The number of aliphatic hydroxyl groups is 1. The van der Waals surface area contributed by atoms with Crippen molar-refractivity contribution in [3.63, 3.8) is 0 Å². The van der Waals surface area contributed by atoms with E-state index in [9.17, 15) is 13.2 Å². The van der Waals surface area contributed by atoms with E-state index < -0.39 is 22.3 Å². The van der Waals surface area contributed by atoms with E-state index in [-0.39, 0.29) is 6.61 Å². The van der Waals surface area contributed by atoms with Crippen LogP contribution in [0.4, 0.5) is 4.79 Å². The van der Waals surface area contributed by atoms with E-state index >= 15 is 0 Å². The number of nitrogens with one attached hydrogen (secondary N) is 2. The van der Waals surface area contributed by atoms with Crippen molar-refractivity contribution in [1.29, 1.82) is 0 Å². The van der Waals surface area contributed by atoms with Gasteiger partial charge in [-0.3, -0.25) is 0 Å². The van der Waals surface area contributed by atoms with Crippen molar-refractivity contribution in [2.45, 2.75) is 13.0 Å². The molecule has 7 nitrogen and oxygen atoms in total. The number of hydrogen-bond donors (Lipinski definition) is 3. The second-order valence-corrected chi connectivity index (χ2v) is 3.75. The van der Waals surface area contributed by atoms with Crippen LogP contribution >= 0.6 is 0 Å². The molecule has 0 aromatic carbocycles. The lowest BCUT2D eigenvalue weighted by Gasteiger charge is -2.11. The Kier molecular flexibility index (Phi) is 4.67. The summed E-state index contributed by atoms with van der Waals surface area (Å²) in [6.07, 6.45) is -1.09. The fourth-order valence-corrected chi connectivity index (χ4v) is 1.45. The number of amides is 1. The van der Waals surface area contributed by atoms with Crippen molar-refractivity contribution in [2.75, 3.05) is 13.7 Å². The molecule has 0 heterocycles. The van der Waals surface area contributed by atoms with Gasteiger partial charge in [-0.15, -0.1) is 0 Å². The lowest BCUT2D eigenvalue weighted by atomic mass is 10.4. The zero-order valence-corrected chi connectivity index (χ0v) is 8.09. The van der Waals surface area contributed by atoms with Gasteiger partial charge in [0.1, 0.15) is 0 Å². The maximum atomic E-state index is 10.9. The van der Waals surface area contributed by atoms with Gasteiger partial charge in [-0.25, -0.2) is 9.52 Å². The quantitative estimate of drug-likeness (QED) is 0.529. The van der Waals surface area contributed by atoms with Crippen LogP contribution in [0.15, 0.2) is 0 Å². The van der Waals surface area contributed by atoms with Crippen molar-refractivity contribution in [2.24, 2.45) is 0 Å². The SMILES string of the molecule is COC(=O)NS(=O)(=O)NC(C)CO. The van der Waals surface area contributed by atoms with E-state index in [1.807, 2.05) is 4.72 Å². The number of carbonyl (C=O) groups excluding carboxylic acids is 1. The Hall–Kier alpha value is -0.860. The lowest BCUT2D eigenvalue weighted by molar-refractivity contribution is 0.177. The van der Waals surface area contributed by atoms with Crippen molar-refractivity contribution in [3.05, 3.63) is 0 Å². The summed E-state index contributed by atoms with van der Waals surface area (Å²) in [7, 11) is -2.90. The van der Waals surface area contributed by atoms with Crippen LogP contribution < -0.4 is 9.44 Å². The number of ether oxygens (including phenoxy) is 1. The molecule has 0 aliphatic rings. The van der Waals surface area contributed by atoms with Gasteiger partial charge in [-0.1, -0.05) is 0 Å². The molecule has 0 aliphatic heterocycles. The van der Waals surface area contributed by atoms with Crippen LogP contribution in [0.2, 0.25) is 0 Å². The number of methoxy groups -OCH3 is 1. The van der Waals surface area contributed by atoms with E-state index in [1.165, 1.54) is 6.92 Å². The van der Waals surface area contributed by atoms with E-state index in [1.54, 1.807) is 4.72 Å². The number of aliphatic hydroxyl groups excluding tert-OH is 1. The minimum atomic E-state index is -3.94. The zero-order valence-electron chi connectivity index (χ0n) is 7.27. The lowest BCUT2D eigenvalue weighted by Crippen LogP contribution is -2.45. The number of hydrogen-bond acceptors (Lipinski definition) is 5. The molecule has 0 bridgehead atoms. The molecular formula is C5H12N2O5S. The van der Waals surface area contributed by atoms with Crippen LogP contribution in [-0.4, -0.2) is 39.4 Å². The van der Waals surface area contributed by atoms with Gasteiger partial charge in [-0.05, 0) is 6.92 Å². The van der Waals surface area contributed by atoms with Gasteiger partial charge >= 0.3 is 16.3 Å². The van der Waals surface area contributed by atoms with E-state index in [0.717, 1.165) is 7.11 Å². The molecule has 78 valence electrons. The highest BCUT2D eigenvalue weighted by Crippen LogP contribution is 1.85. The molecule has 0 saturated heterocycles. The molecule has 13 heavy (non-hydrogen) atoms. The van der Waals surface area contributed by atoms with Gasteiger partial charge in [0, 0.05) is 6.04 Å². The van der Waals surface area contributed by atoms with Crippen LogP contribution in [0, 0.1) is 0 Å². The third kappa shape index (κ3) is 5.39. The first-order valence-corrected chi connectivity index (χ1v) is 4.88. The van der Waals surface area contributed by atoms with Crippen molar-refractivity contribution in [1.82, 2.24) is 9.44 Å². The monoisotopic (exact) mass is 212 g/mol. The summed E-state index contributed by atoms with van der Waals surface area (Å²) in [6.45, 7) is 1.08. The predicted molar refractivity (Wildman–Crippen MR) is 44.1 cm³/mol. The molecule has 0 rings (SSSR count). The first-order valence-electron chi connectivity index (χ1n) is 3.40. The van der Waals surface area contributed by atoms with Gasteiger partial charge in [0.25, 0.3) is 0 Å². The third-order valence-corrected chi connectivity index (χ3v) is 2.18. The molecule has 8 heteroatoms. The van der Waals surface area contributed by atoms with Crippen LogP contribution in [0.5, 0.6) is 0 Å². The fourth-order valence-electron chi connectivity index (χ4n) is 0.483. The Morgan fingerprint density at radius 2 is 2.15 bits per heavy atom. The number of carbonyl (C=O) groups is 1. The molecule has 0 aliphatic carbocycles. The van der Waals surface area contributed by atoms with Gasteiger partial charge in [0.05, 0.1) is 13.7 Å². The molecule has 0 aromatic rings. The van der Waals surface area contributed by atoms with Crippen LogP contribution in [0.3, 0.4) is 0 Å². The molecule has 0 aromatic heterocycles. The molecule has 0 saturated carbocycles. The topological polar surface area (TPSA) is 105 Å². The Balaban J connectivity index is 4.17. The van der Waals surface area contributed by atoms with Crippen LogP contribution in [0.1, 0.15) is 6.92 Å². The van der Waals surface area contributed by atoms with Crippen LogP contribution in [-0.2, 0) is 14.9 Å². The summed E-state index contributed by atoms with van der Waals surface area (Å²) in [5.74, 6) is 0. The summed E-state index contributed by atoms with van der Waals surface area (Å²) in [6, 6.07) is -0.665. The third-order valence-electron chi connectivity index (χ3n) is 1.03. The molecule has 0 fully saturated rings. The van der Waals surface area contributed by atoms with Crippen molar-refractivity contribution in [3.8, 4) is 0 Å². The molecule has 1 atom stereocenters. The summed E-state index contributed by atoms with van der Waals surface area (Å²) in [4.78, 5) is 10.5. The number of rotatable bonds is 4.